The van der Waals surface area contributed by atoms with Crippen LogP contribution in [-0.4, -0.2) is 0 Å². The second-order valence-electron chi connectivity index (χ2n) is 4.47. The van der Waals surface area contributed by atoms with E-state index < -0.39 is 5.38 Å². The van der Waals surface area contributed by atoms with E-state index in [1.54, 1.807) is 44.2 Å². The second kappa shape index (κ2) is 5.59. The molecule has 0 fully saturated rings. The van der Waals surface area contributed by atoms with Crippen molar-refractivity contribution >= 4 is 27.5 Å². The van der Waals surface area contributed by atoms with Crippen LogP contribution in [-0.2, 0) is 0 Å². The third-order valence-corrected chi connectivity index (χ3v) is 4.11. The van der Waals surface area contributed by atoms with E-state index in [9.17, 15) is 8.78 Å². The lowest BCUT2D eigenvalue weighted by Gasteiger charge is -2.14. The average molecular weight is 346 g/mol. The van der Waals surface area contributed by atoms with Crippen LogP contribution in [0.4, 0.5) is 8.78 Å². The van der Waals surface area contributed by atoms with Gasteiger partial charge >= 0.3 is 0 Å². The number of hydrogen-bond acceptors (Lipinski definition) is 0. The predicted octanol–water partition coefficient (Wildman–Crippen LogP) is 5.67. The second-order valence-corrected chi connectivity index (χ2v) is 5.77. The van der Waals surface area contributed by atoms with E-state index in [-0.39, 0.29) is 11.6 Å². The van der Waals surface area contributed by atoms with Crippen LogP contribution < -0.4 is 0 Å². The molecule has 0 spiro atoms. The van der Waals surface area contributed by atoms with Crippen molar-refractivity contribution in [1.29, 1.82) is 0 Å². The molecule has 100 valence electrons. The molecule has 0 aromatic heterocycles. The van der Waals surface area contributed by atoms with E-state index in [0.29, 0.717) is 26.7 Å². The lowest BCUT2D eigenvalue weighted by atomic mass is 9.99. The summed E-state index contributed by atoms with van der Waals surface area (Å²) in [5.74, 6) is -0.635. The van der Waals surface area contributed by atoms with E-state index >= 15 is 0 Å². The normalized spacial score (nSPS) is 12.5. The highest BCUT2D eigenvalue weighted by atomic mass is 79.9. The molecule has 0 radical (unpaired) electrons. The molecule has 0 nitrogen and oxygen atoms in total. The van der Waals surface area contributed by atoms with Crippen LogP contribution in [0.25, 0.3) is 0 Å². The number of alkyl halides is 1. The van der Waals surface area contributed by atoms with Gasteiger partial charge in [0.25, 0.3) is 0 Å². The smallest absolute Gasteiger partial charge is 0.142 e. The van der Waals surface area contributed by atoms with E-state index in [0.717, 1.165) is 0 Å². The van der Waals surface area contributed by atoms with Gasteiger partial charge in [0.2, 0.25) is 0 Å². The zero-order valence-corrected chi connectivity index (χ0v) is 12.8. The summed E-state index contributed by atoms with van der Waals surface area (Å²) in [5.41, 5.74) is 2.09. The van der Waals surface area contributed by atoms with Gasteiger partial charge in [0, 0.05) is 5.56 Å². The lowest BCUT2D eigenvalue weighted by molar-refractivity contribution is 0.602. The highest BCUT2D eigenvalue weighted by Gasteiger charge is 2.18. The maximum atomic E-state index is 14.0. The summed E-state index contributed by atoms with van der Waals surface area (Å²) >= 11 is 9.46. The minimum absolute atomic E-state index is 0.248. The first-order valence-corrected chi connectivity index (χ1v) is 6.99. The Kier molecular flexibility index (Phi) is 4.26. The molecule has 1 unspecified atom stereocenters. The fraction of sp³-hybridized carbons (Fsp3) is 0.200. The molecular formula is C15H12BrClF2. The molecule has 1 atom stereocenters. The first kappa shape index (κ1) is 14.5. The molecule has 0 aliphatic carbocycles. The van der Waals surface area contributed by atoms with Crippen molar-refractivity contribution in [2.75, 3.05) is 0 Å². The summed E-state index contributed by atoms with van der Waals surface area (Å²) in [5, 5.41) is -0.643. The van der Waals surface area contributed by atoms with Crippen LogP contribution in [0.3, 0.4) is 0 Å². The van der Waals surface area contributed by atoms with Crippen LogP contribution in [0.1, 0.15) is 27.6 Å². The molecule has 19 heavy (non-hydrogen) atoms. The van der Waals surface area contributed by atoms with Gasteiger partial charge in [-0.15, -0.1) is 11.6 Å². The van der Waals surface area contributed by atoms with Gasteiger partial charge in [-0.05, 0) is 52.5 Å². The van der Waals surface area contributed by atoms with E-state index in [1.807, 2.05) is 0 Å². The Bertz CT molecular complexity index is 603. The minimum atomic E-state index is -0.643. The van der Waals surface area contributed by atoms with Gasteiger partial charge < -0.3 is 0 Å². The summed E-state index contributed by atoms with van der Waals surface area (Å²) in [7, 11) is 0. The molecule has 2 rings (SSSR count). The van der Waals surface area contributed by atoms with Crippen molar-refractivity contribution in [3.05, 3.63) is 68.7 Å². The third-order valence-electron chi connectivity index (χ3n) is 3.01. The van der Waals surface area contributed by atoms with Crippen LogP contribution in [0, 0.1) is 25.5 Å². The fourth-order valence-electron chi connectivity index (χ4n) is 2.02. The Morgan fingerprint density at radius 1 is 1.05 bits per heavy atom. The van der Waals surface area contributed by atoms with Crippen molar-refractivity contribution < 1.29 is 8.78 Å². The Labute approximate surface area is 124 Å². The van der Waals surface area contributed by atoms with Crippen LogP contribution in [0.15, 0.2) is 34.8 Å². The first-order chi connectivity index (χ1) is 8.91. The maximum absolute atomic E-state index is 14.0. The van der Waals surface area contributed by atoms with Crippen molar-refractivity contribution in [3.63, 3.8) is 0 Å². The summed E-state index contributed by atoms with van der Waals surface area (Å²) in [6.07, 6.45) is 0. The van der Waals surface area contributed by atoms with Crippen LogP contribution in [0.5, 0.6) is 0 Å². The number of benzene rings is 2. The van der Waals surface area contributed by atoms with Crippen LogP contribution in [0.2, 0.25) is 0 Å². The van der Waals surface area contributed by atoms with Crippen molar-refractivity contribution in [2.45, 2.75) is 19.2 Å². The van der Waals surface area contributed by atoms with Crippen LogP contribution >= 0.6 is 27.5 Å². The molecule has 2 aromatic rings. The monoisotopic (exact) mass is 344 g/mol. The Balaban J connectivity index is 2.50. The molecule has 0 amide bonds. The van der Waals surface area contributed by atoms with Crippen molar-refractivity contribution in [1.82, 2.24) is 0 Å². The van der Waals surface area contributed by atoms with Gasteiger partial charge in [-0.1, -0.05) is 24.3 Å². The third kappa shape index (κ3) is 2.82. The van der Waals surface area contributed by atoms with Gasteiger partial charge in [0.05, 0.1) is 9.85 Å². The number of hydrogen-bond donors (Lipinski definition) is 0. The van der Waals surface area contributed by atoms with Gasteiger partial charge in [-0.2, -0.15) is 0 Å². The molecule has 0 aliphatic rings. The molecule has 0 N–H and O–H groups in total. The Morgan fingerprint density at radius 2 is 1.63 bits per heavy atom. The van der Waals surface area contributed by atoms with Gasteiger partial charge in [-0.3, -0.25) is 0 Å². The molecule has 0 heterocycles. The summed E-state index contributed by atoms with van der Waals surface area (Å²) in [6.45, 7) is 3.35. The molecular weight excluding hydrogens is 334 g/mol. The average Bonchev–Trinajstić information content (AvgIpc) is 2.38. The Morgan fingerprint density at radius 3 is 2.21 bits per heavy atom. The summed E-state index contributed by atoms with van der Waals surface area (Å²) in [6, 6.07) is 8.27. The predicted molar refractivity (Wildman–Crippen MR) is 77.7 cm³/mol. The molecule has 2 aromatic carbocycles. The van der Waals surface area contributed by atoms with E-state index in [2.05, 4.69) is 15.9 Å². The Hall–Kier alpha value is -0.930. The fourth-order valence-corrected chi connectivity index (χ4v) is 2.70. The van der Waals surface area contributed by atoms with Gasteiger partial charge in [0.1, 0.15) is 11.6 Å². The number of rotatable bonds is 2. The quantitative estimate of drug-likeness (QED) is 0.615. The molecule has 0 saturated carbocycles. The highest BCUT2D eigenvalue weighted by molar-refractivity contribution is 9.10. The van der Waals surface area contributed by atoms with Gasteiger partial charge in [-0.25, -0.2) is 8.78 Å². The molecule has 0 aliphatic heterocycles. The number of aryl methyl sites for hydroxylation is 2. The zero-order chi connectivity index (χ0) is 14.2. The van der Waals surface area contributed by atoms with Crippen molar-refractivity contribution in [2.24, 2.45) is 0 Å². The SMILES string of the molecule is Cc1cc(C(Cl)c2cccc(Br)c2F)cc(C)c1F. The zero-order valence-electron chi connectivity index (χ0n) is 10.5. The lowest BCUT2D eigenvalue weighted by Crippen LogP contribution is -2.00. The molecule has 4 heteroatoms. The molecule has 0 saturated heterocycles. The minimum Gasteiger partial charge on any atom is -0.206 e. The standard InChI is InChI=1S/C15H12BrClF2/c1-8-6-10(7-9(2)14(8)18)13(17)11-4-3-5-12(16)15(11)19/h3-7,13H,1-2H3. The first-order valence-electron chi connectivity index (χ1n) is 5.76. The summed E-state index contributed by atoms with van der Waals surface area (Å²) < 4.78 is 28.0. The highest BCUT2D eigenvalue weighted by Crippen LogP contribution is 2.34. The largest absolute Gasteiger partial charge is 0.206 e. The van der Waals surface area contributed by atoms with E-state index in [4.69, 9.17) is 11.6 Å². The summed E-state index contributed by atoms with van der Waals surface area (Å²) in [4.78, 5) is 0. The van der Waals surface area contributed by atoms with E-state index in [1.165, 1.54) is 0 Å². The number of halogens is 4. The van der Waals surface area contributed by atoms with Gasteiger partial charge in [0.15, 0.2) is 0 Å². The molecule has 0 bridgehead atoms. The van der Waals surface area contributed by atoms with Crippen molar-refractivity contribution in [3.8, 4) is 0 Å². The topological polar surface area (TPSA) is 0 Å². The maximum Gasteiger partial charge on any atom is 0.142 e.